The number of alkyl halides is 1. The second kappa shape index (κ2) is 10.3. The van der Waals surface area contributed by atoms with E-state index in [4.69, 9.17) is 10.6 Å². The summed E-state index contributed by atoms with van der Waals surface area (Å²) in [5, 5.41) is 20.9. The number of oxime groups is 1. The first-order chi connectivity index (χ1) is 17.9. The van der Waals surface area contributed by atoms with E-state index in [9.17, 15) is 23.9 Å². The minimum absolute atomic E-state index is 0.0730. The standard InChI is InChI=1S/C20H22FN9O5S2/c21-3-7-35-26-12(15-25-20(22)37-27-15)16(31)24-13-17(32)30-14(19(33)34)10(9-36-18(13)30)8-28-6-2-11-23-4-1-5-29(11)28/h2,6,13,18H,1,3-5,7-9H2,(H4,22,24,25,27,31,33,34)/b26-12-/t13-,18?/m1/s1. The molecule has 0 bridgehead atoms. The first-order valence-corrected chi connectivity index (χ1v) is 13.1. The topological polar surface area (TPSA) is 184 Å². The van der Waals surface area contributed by atoms with Crippen LogP contribution < -0.4 is 26.2 Å². The normalized spacial score (nSPS) is 21.1. The monoisotopic (exact) mass is 551 g/mol. The van der Waals surface area contributed by atoms with Crippen LogP contribution in [0.25, 0.3) is 0 Å². The van der Waals surface area contributed by atoms with Gasteiger partial charge in [-0.05, 0) is 6.42 Å². The van der Waals surface area contributed by atoms with Gasteiger partial charge in [0.15, 0.2) is 23.7 Å². The Morgan fingerprint density at radius 2 is 2.30 bits per heavy atom. The number of hydrogen-bond donors (Lipinski definition) is 3. The van der Waals surface area contributed by atoms with E-state index in [0.717, 1.165) is 41.8 Å². The summed E-state index contributed by atoms with van der Waals surface area (Å²) in [6.07, 6.45) is 2.79. The van der Waals surface area contributed by atoms with Crippen LogP contribution in [0.1, 0.15) is 12.2 Å². The number of nitrogen functional groups attached to an aromatic ring is 1. The van der Waals surface area contributed by atoms with Gasteiger partial charge in [0.2, 0.25) is 11.5 Å². The van der Waals surface area contributed by atoms with Gasteiger partial charge in [-0.3, -0.25) is 14.5 Å². The highest BCUT2D eigenvalue weighted by atomic mass is 32.2. The molecule has 1 saturated heterocycles. The van der Waals surface area contributed by atoms with Gasteiger partial charge in [0.1, 0.15) is 24.7 Å². The molecule has 2 amide bonds. The van der Waals surface area contributed by atoms with E-state index in [2.05, 4.69) is 25.1 Å². The molecule has 3 aliphatic rings. The lowest BCUT2D eigenvalue weighted by Crippen LogP contribution is -2.71. The van der Waals surface area contributed by atoms with Gasteiger partial charge in [-0.2, -0.15) is 9.36 Å². The van der Waals surface area contributed by atoms with Gasteiger partial charge in [0.05, 0.1) is 24.3 Å². The Hall–Kier alpha value is -3.73. The van der Waals surface area contributed by atoms with Gasteiger partial charge < -0.3 is 31.1 Å². The number of aliphatic carboxylic acids is 1. The van der Waals surface area contributed by atoms with Crippen LogP contribution in [0.3, 0.4) is 0 Å². The maximum atomic E-state index is 13.0. The Morgan fingerprint density at radius 3 is 3.03 bits per heavy atom. The molecule has 2 aromatic rings. The van der Waals surface area contributed by atoms with Crippen molar-refractivity contribution in [2.45, 2.75) is 30.9 Å². The summed E-state index contributed by atoms with van der Waals surface area (Å²) in [5.74, 6) is -1.81. The van der Waals surface area contributed by atoms with Crippen molar-refractivity contribution in [3.8, 4) is 0 Å². The lowest BCUT2D eigenvalue weighted by molar-refractivity contribution is -0.768. The van der Waals surface area contributed by atoms with Crippen molar-refractivity contribution >= 4 is 57.7 Å². The number of aromatic nitrogens is 4. The number of carboxylic acid groups (broad SMARTS) is 1. The zero-order chi connectivity index (χ0) is 26.1. The zero-order valence-corrected chi connectivity index (χ0v) is 20.9. The smallest absolute Gasteiger partial charge is 0.278 e. The fourth-order valence-electron chi connectivity index (χ4n) is 4.30. The second-order valence-electron chi connectivity index (χ2n) is 8.22. The van der Waals surface area contributed by atoms with Gasteiger partial charge in [0, 0.05) is 29.4 Å². The minimum Gasteiger partial charge on any atom is -0.543 e. The molecule has 17 heteroatoms. The molecule has 0 spiro atoms. The van der Waals surface area contributed by atoms with Gasteiger partial charge in [-0.1, -0.05) is 5.16 Å². The molecule has 1 fully saturated rings. The summed E-state index contributed by atoms with van der Waals surface area (Å²) in [6, 6.07) is 0.882. The first kappa shape index (κ1) is 24.9. The number of nitrogens with zero attached hydrogens (tertiary/aromatic N) is 6. The Balaban J connectivity index is 1.34. The highest BCUT2D eigenvalue weighted by molar-refractivity contribution is 8.00. The number of carbonyl (C=O) groups excluding carboxylic acids is 3. The largest absolute Gasteiger partial charge is 0.543 e. The number of amides is 2. The number of β-lactam (4-membered cyclic amide) rings is 1. The Morgan fingerprint density at radius 1 is 1.46 bits per heavy atom. The van der Waals surface area contributed by atoms with Crippen molar-refractivity contribution in [3.63, 3.8) is 0 Å². The fourth-order valence-corrected chi connectivity index (χ4v) is 6.07. The van der Waals surface area contributed by atoms with E-state index in [1.165, 1.54) is 11.8 Å². The Bertz CT molecular complexity index is 1310. The molecular weight excluding hydrogens is 529 g/mol. The molecule has 5 heterocycles. The van der Waals surface area contributed by atoms with E-state index >= 15 is 0 Å². The molecule has 37 heavy (non-hydrogen) atoms. The Labute approximate surface area is 217 Å². The quantitative estimate of drug-likeness (QED) is 0.102. The average Bonchev–Trinajstić information content (AvgIpc) is 3.50. The number of carbonyl (C=O) groups is 3. The van der Waals surface area contributed by atoms with Crippen LogP contribution in [0.15, 0.2) is 28.7 Å². The van der Waals surface area contributed by atoms with Crippen molar-refractivity contribution in [1.29, 1.82) is 0 Å². The molecule has 1 unspecified atom stereocenters. The average molecular weight is 552 g/mol. The Kier molecular flexibility index (Phi) is 6.96. The van der Waals surface area contributed by atoms with Crippen molar-refractivity contribution in [1.82, 2.24) is 24.3 Å². The lowest BCUT2D eigenvalue weighted by Gasteiger charge is -2.50. The summed E-state index contributed by atoms with van der Waals surface area (Å²) in [4.78, 5) is 47.9. The molecule has 2 aromatic heterocycles. The number of anilines is 2. The van der Waals surface area contributed by atoms with Crippen molar-refractivity contribution < 1.29 is 33.4 Å². The maximum absolute atomic E-state index is 13.0. The number of fused-ring (bicyclic) bond motifs is 2. The molecule has 2 atom stereocenters. The van der Waals surface area contributed by atoms with E-state index in [0.29, 0.717) is 11.3 Å². The molecule has 3 aliphatic heterocycles. The van der Waals surface area contributed by atoms with Crippen LogP contribution in [0.4, 0.5) is 15.3 Å². The molecule has 5 rings (SSSR count). The van der Waals surface area contributed by atoms with Crippen molar-refractivity contribution in [3.05, 3.63) is 29.4 Å². The SMILES string of the molecule is Nc1nc(/C(=N/OCCF)C(=O)N[C@@H]2C(=O)N3C(C(=O)[O-])=C(C[n+]4ccc5n4CCCN5)CSC23)ns1. The summed E-state index contributed by atoms with van der Waals surface area (Å²) in [7, 11) is 0. The molecule has 0 radical (unpaired) electrons. The van der Waals surface area contributed by atoms with E-state index in [1.54, 1.807) is 0 Å². The van der Waals surface area contributed by atoms with E-state index < -0.39 is 42.5 Å². The second-order valence-corrected chi connectivity index (χ2v) is 10.1. The van der Waals surface area contributed by atoms with Crippen LogP contribution in [0.5, 0.6) is 0 Å². The van der Waals surface area contributed by atoms with Crippen LogP contribution in [0.2, 0.25) is 0 Å². The van der Waals surface area contributed by atoms with Crippen LogP contribution in [0, 0.1) is 0 Å². The summed E-state index contributed by atoms with van der Waals surface area (Å²) >= 11 is 2.14. The van der Waals surface area contributed by atoms with Crippen molar-refractivity contribution in [2.75, 3.05) is 36.6 Å². The zero-order valence-electron chi connectivity index (χ0n) is 19.3. The number of nitrogens with one attached hydrogen (secondary N) is 2. The molecular formula is C20H22FN9O5S2. The van der Waals surface area contributed by atoms with Gasteiger partial charge in [-0.25, -0.2) is 4.39 Å². The van der Waals surface area contributed by atoms with Crippen molar-refractivity contribution in [2.24, 2.45) is 5.16 Å². The van der Waals surface area contributed by atoms with Gasteiger partial charge in [-0.15, -0.1) is 21.1 Å². The van der Waals surface area contributed by atoms with Gasteiger partial charge in [0.25, 0.3) is 11.8 Å². The summed E-state index contributed by atoms with van der Waals surface area (Å²) in [6.45, 7) is 0.692. The van der Waals surface area contributed by atoms with Crippen LogP contribution in [-0.4, -0.2) is 79.4 Å². The minimum atomic E-state index is -1.47. The fraction of sp³-hybridized carbons (Fsp3) is 0.450. The van der Waals surface area contributed by atoms with Gasteiger partial charge >= 0.3 is 0 Å². The summed E-state index contributed by atoms with van der Waals surface area (Å²) in [5.41, 5.74) is 5.53. The van der Waals surface area contributed by atoms with Crippen LogP contribution >= 0.6 is 23.3 Å². The predicted molar refractivity (Wildman–Crippen MR) is 128 cm³/mol. The molecule has 0 aliphatic carbocycles. The number of rotatable bonds is 9. The number of nitrogens with two attached hydrogens (primary N) is 1. The molecule has 196 valence electrons. The number of halogens is 1. The predicted octanol–water partition coefficient (Wildman–Crippen LogP) is -2.18. The number of carboxylic acids is 1. The summed E-state index contributed by atoms with van der Waals surface area (Å²) < 4.78 is 20.3. The number of hydrogen-bond acceptors (Lipinski definition) is 12. The highest BCUT2D eigenvalue weighted by Gasteiger charge is 2.53. The van der Waals surface area contributed by atoms with E-state index in [-0.39, 0.29) is 28.9 Å². The molecule has 4 N–H and O–H groups in total. The third-order valence-electron chi connectivity index (χ3n) is 5.92. The maximum Gasteiger partial charge on any atom is 0.278 e. The molecule has 0 saturated carbocycles. The lowest BCUT2D eigenvalue weighted by atomic mass is 10.0. The number of thioether (sulfide) groups is 1. The molecule has 14 nitrogen and oxygen atoms in total. The third-order valence-corrected chi connectivity index (χ3v) is 7.80. The third kappa shape index (κ3) is 4.71. The molecule has 0 aromatic carbocycles. The first-order valence-electron chi connectivity index (χ1n) is 11.3. The van der Waals surface area contributed by atoms with Crippen LogP contribution in [-0.2, 0) is 32.3 Å². The van der Waals surface area contributed by atoms with E-state index in [1.807, 2.05) is 21.6 Å². The highest BCUT2D eigenvalue weighted by Crippen LogP contribution is 2.40.